The lowest BCUT2D eigenvalue weighted by Gasteiger charge is -2.11. The highest BCUT2D eigenvalue weighted by atomic mass is 79.9. The van der Waals surface area contributed by atoms with Crippen LogP contribution in [0.5, 0.6) is 0 Å². The predicted octanol–water partition coefficient (Wildman–Crippen LogP) is 4.37. The summed E-state index contributed by atoms with van der Waals surface area (Å²) in [5, 5.41) is 2.39. The molecule has 0 saturated heterocycles. The van der Waals surface area contributed by atoms with Gasteiger partial charge in [0.1, 0.15) is 0 Å². The summed E-state index contributed by atoms with van der Waals surface area (Å²) in [6.45, 7) is 3.45. The van der Waals surface area contributed by atoms with Crippen LogP contribution in [-0.2, 0) is 11.0 Å². The number of nitrogens with one attached hydrogen (secondary N) is 1. The molecule has 6 heteroatoms. The fourth-order valence-electron chi connectivity index (χ4n) is 1.23. The number of carbonyl (C=O) groups excluding carboxylic acids is 1. The van der Waals surface area contributed by atoms with Crippen LogP contribution in [0.2, 0.25) is 0 Å². The molecule has 1 N–H and O–H groups in total. The van der Waals surface area contributed by atoms with Crippen molar-refractivity contribution in [2.24, 2.45) is 0 Å². The van der Waals surface area contributed by atoms with Crippen molar-refractivity contribution in [1.82, 2.24) is 0 Å². The Balaban J connectivity index is 3.02. The molecule has 0 saturated carbocycles. The number of anilines is 1. The van der Waals surface area contributed by atoms with Gasteiger partial charge in [0, 0.05) is 10.5 Å². The van der Waals surface area contributed by atoms with Crippen molar-refractivity contribution < 1.29 is 18.0 Å². The molecule has 0 aliphatic carbocycles. The average molecular weight is 322 g/mol. The SMILES string of the molecule is CC(C)=CC(=O)Nc1cc(C(F)(F)F)ccc1Br. The molecule has 1 aromatic rings. The van der Waals surface area contributed by atoms with Crippen molar-refractivity contribution in [1.29, 1.82) is 0 Å². The normalized spacial score (nSPS) is 11.0. The first-order valence-corrected chi connectivity index (χ1v) is 5.82. The zero-order valence-electron chi connectivity index (χ0n) is 9.73. The van der Waals surface area contributed by atoms with Crippen molar-refractivity contribution in [3.63, 3.8) is 0 Å². The summed E-state index contributed by atoms with van der Waals surface area (Å²) in [5.74, 6) is -0.463. The monoisotopic (exact) mass is 321 g/mol. The number of rotatable bonds is 2. The number of carbonyl (C=O) groups is 1. The second-order valence-corrected chi connectivity index (χ2v) is 4.76. The van der Waals surface area contributed by atoms with E-state index in [0.717, 1.165) is 17.7 Å². The van der Waals surface area contributed by atoms with E-state index < -0.39 is 17.6 Å². The third kappa shape index (κ3) is 4.18. The maximum Gasteiger partial charge on any atom is 0.416 e. The summed E-state index contributed by atoms with van der Waals surface area (Å²) in [4.78, 5) is 11.4. The van der Waals surface area contributed by atoms with E-state index in [0.29, 0.717) is 4.47 Å². The summed E-state index contributed by atoms with van der Waals surface area (Å²) < 4.78 is 37.9. The van der Waals surface area contributed by atoms with Gasteiger partial charge in [-0.25, -0.2) is 0 Å². The number of hydrogen-bond donors (Lipinski definition) is 1. The molecular formula is C12H11BrF3NO. The van der Waals surface area contributed by atoms with Crippen LogP contribution in [0.1, 0.15) is 19.4 Å². The third-order valence-electron chi connectivity index (χ3n) is 1.97. The Bertz CT molecular complexity index is 491. The van der Waals surface area contributed by atoms with Crippen LogP contribution in [0.3, 0.4) is 0 Å². The van der Waals surface area contributed by atoms with Crippen LogP contribution >= 0.6 is 15.9 Å². The molecule has 0 aromatic heterocycles. The molecule has 98 valence electrons. The van der Waals surface area contributed by atoms with E-state index in [2.05, 4.69) is 21.2 Å². The molecule has 0 spiro atoms. The zero-order chi connectivity index (χ0) is 13.9. The summed E-state index contributed by atoms with van der Waals surface area (Å²) >= 11 is 3.09. The zero-order valence-corrected chi connectivity index (χ0v) is 11.3. The molecule has 0 radical (unpaired) electrons. The second-order valence-electron chi connectivity index (χ2n) is 3.90. The summed E-state index contributed by atoms with van der Waals surface area (Å²) in [6.07, 6.45) is -3.12. The first-order chi connectivity index (χ1) is 8.20. The van der Waals surface area contributed by atoms with Crippen molar-refractivity contribution in [3.8, 4) is 0 Å². The first-order valence-electron chi connectivity index (χ1n) is 5.03. The van der Waals surface area contributed by atoms with Gasteiger partial charge in [-0.05, 0) is 48.0 Å². The summed E-state index contributed by atoms with van der Waals surface area (Å²) in [7, 11) is 0. The lowest BCUT2D eigenvalue weighted by molar-refractivity contribution is -0.137. The van der Waals surface area contributed by atoms with Gasteiger partial charge >= 0.3 is 6.18 Å². The van der Waals surface area contributed by atoms with E-state index in [9.17, 15) is 18.0 Å². The molecule has 0 bridgehead atoms. The molecule has 1 amide bonds. The van der Waals surface area contributed by atoms with Crippen LogP contribution < -0.4 is 5.32 Å². The molecule has 2 nitrogen and oxygen atoms in total. The standard InChI is InChI=1S/C12H11BrF3NO/c1-7(2)5-11(18)17-10-6-8(12(14,15)16)3-4-9(10)13/h3-6H,1-2H3,(H,17,18). The molecular weight excluding hydrogens is 311 g/mol. The molecule has 0 aliphatic rings. The Morgan fingerprint density at radius 3 is 2.44 bits per heavy atom. The van der Waals surface area contributed by atoms with Crippen molar-refractivity contribution >= 4 is 27.5 Å². The van der Waals surface area contributed by atoms with Crippen LogP contribution in [0.4, 0.5) is 18.9 Å². The Labute approximate surface area is 111 Å². The highest BCUT2D eigenvalue weighted by Gasteiger charge is 2.31. The smallest absolute Gasteiger partial charge is 0.321 e. The van der Waals surface area contributed by atoms with Crippen LogP contribution in [0.25, 0.3) is 0 Å². The maximum absolute atomic E-state index is 12.5. The van der Waals surface area contributed by atoms with Gasteiger partial charge in [-0.15, -0.1) is 0 Å². The quantitative estimate of drug-likeness (QED) is 0.805. The topological polar surface area (TPSA) is 29.1 Å². The number of hydrogen-bond acceptors (Lipinski definition) is 1. The number of amides is 1. The number of alkyl halides is 3. The van der Waals surface area contributed by atoms with E-state index in [4.69, 9.17) is 0 Å². The minimum atomic E-state index is -4.43. The third-order valence-corrected chi connectivity index (χ3v) is 2.66. The molecule has 0 atom stereocenters. The van der Waals surface area contributed by atoms with Crippen LogP contribution in [0, 0.1) is 0 Å². The van der Waals surface area contributed by atoms with Gasteiger partial charge in [-0.3, -0.25) is 4.79 Å². The van der Waals surface area contributed by atoms with E-state index >= 15 is 0 Å². The Morgan fingerprint density at radius 2 is 1.94 bits per heavy atom. The second kappa shape index (κ2) is 5.56. The Hall–Kier alpha value is -1.30. The van der Waals surface area contributed by atoms with Crippen molar-refractivity contribution in [2.75, 3.05) is 5.32 Å². The fourth-order valence-corrected chi connectivity index (χ4v) is 1.57. The van der Waals surface area contributed by atoms with E-state index in [1.807, 2.05) is 0 Å². The van der Waals surface area contributed by atoms with Gasteiger partial charge in [0.25, 0.3) is 0 Å². The van der Waals surface area contributed by atoms with Gasteiger partial charge in [0.15, 0.2) is 0 Å². The Kier molecular flexibility index (Phi) is 4.56. The van der Waals surface area contributed by atoms with Gasteiger partial charge in [0.05, 0.1) is 11.3 Å². The molecule has 0 heterocycles. The highest BCUT2D eigenvalue weighted by molar-refractivity contribution is 9.10. The minimum Gasteiger partial charge on any atom is -0.321 e. The maximum atomic E-state index is 12.5. The van der Waals surface area contributed by atoms with Gasteiger partial charge in [0.2, 0.25) is 5.91 Å². The van der Waals surface area contributed by atoms with Crippen LogP contribution in [-0.4, -0.2) is 5.91 Å². The van der Waals surface area contributed by atoms with E-state index in [1.54, 1.807) is 13.8 Å². The number of halogens is 4. The first kappa shape index (κ1) is 14.8. The molecule has 18 heavy (non-hydrogen) atoms. The average Bonchev–Trinajstić information content (AvgIpc) is 2.18. The Morgan fingerprint density at radius 1 is 1.33 bits per heavy atom. The fraction of sp³-hybridized carbons (Fsp3) is 0.250. The van der Waals surface area contributed by atoms with Crippen LogP contribution in [0.15, 0.2) is 34.3 Å². The van der Waals surface area contributed by atoms with Gasteiger partial charge in [-0.2, -0.15) is 13.2 Å². The molecule has 0 fully saturated rings. The van der Waals surface area contributed by atoms with E-state index in [-0.39, 0.29) is 5.69 Å². The van der Waals surface area contributed by atoms with Gasteiger partial charge in [-0.1, -0.05) is 5.57 Å². The lowest BCUT2D eigenvalue weighted by Crippen LogP contribution is -2.11. The van der Waals surface area contributed by atoms with E-state index in [1.165, 1.54) is 12.1 Å². The predicted molar refractivity (Wildman–Crippen MR) is 67.2 cm³/mol. The minimum absolute atomic E-state index is 0.0901. The largest absolute Gasteiger partial charge is 0.416 e. The summed E-state index contributed by atoms with van der Waals surface area (Å²) in [6, 6.07) is 3.09. The van der Waals surface area contributed by atoms with Gasteiger partial charge < -0.3 is 5.32 Å². The molecule has 1 aromatic carbocycles. The lowest BCUT2D eigenvalue weighted by atomic mass is 10.2. The molecule has 0 unspecified atom stereocenters. The van der Waals surface area contributed by atoms with Crippen molar-refractivity contribution in [2.45, 2.75) is 20.0 Å². The number of allylic oxidation sites excluding steroid dienone is 1. The highest BCUT2D eigenvalue weighted by Crippen LogP contribution is 2.33. The number of benzene rings is 1. The van der Waals surface area contributed by atoms with Crippen molar-refractivity contribution in [3.05, 3.63) is 39.9 Å². The molecule has 1 rings (SSSR count). The molecule has 0 aliphatic heterocycles. The summed E-state index contributed by atoms with van der Waals surface area (Å²) in [5.41, 5.74) is 0.0427.